The zero-order chi connectivity index (χ0) is 18.7. The molecule has 0 spiro atoms. The Labute approximate surface area is 152 Å². The number of benzene rings is 2. The van der Waals surface area contributed by atoms with Crippen LogP contribution in [0.5, 0.6) is 0 Å². The van der Waals surface area contributed by atoms with E-state index in [0.29, 0.717) is 12.0 Å². The largest absolute Gasteiger partial charge is 0.311 e. The fraction of sp³-hybridized carbons (Fsp3) is 0.368. The van der Waals surface area contributed by atoms with Crippen LogP contribution in [0.1, 0.15) is 29.9 Å². The Bertz CT molecular complexity index is 852. The molecule has 0 radical (unpaired) electrons. The summed E-state index contributed by atoms with van der Waals surface area (Å²) >= 11 is 0. The Morgan fingerprint density at radius 1 is 1.12 bits per heavy atom. The summed E-state index contributed by atoms with van der Waals surface area (Å²) in [7, 11) is -3.80. The molecule has 140 valence electrons. The van der Waals surface area contributed by atoms with E-state index in [0.717, 1.165) is 25.3 Å². The van der Waals surface area contributed by atoms with Crippen molar-refractivity contribution in [2.24, 2.45) is 0 Å². The molecule has 2 unspecified atom stereocenters. The fourth-order valence-corrected chi connectivity index (χ4v) is 4.16. The van der Waals surface area contributed by atoms with E-state index in [1.54, 1.807) is 24.3 Å². The summed E-state index contributed by atoms with van der Waals surface area (Å²) in [6.07, 6.45) is 1.65. The maximum absolute atomic E-state index is 14.6. The van der Waals surface area contributed by atoms with Crippen LogP contribution in [0.3, 0.4) is 0 Å². The molecule has 1 aliphatic heterocycles. The molecule has 0 aliphatic carbocycles. The van der Waals surface area contributed by atoms with Gasteiger partial charge in [0.05, 0.1) is 6.26 Å². The first kappa shape index (κ1) is 18.9. The Morgan fingerprint density at radius 3 is 2.46 bits per heavy atom. The highest BCUT2D eigenvalue weighted by molar-refractivity contribution is 7.86. The molecule has 1 fully saturated rings. The summed E-state index contributed by atoms with van der Waals surface area (Å²) in [5.74, 6) is -2.72. The number of rotatable bonds is 6. The number of hydrogen-bond donors (Lipinski definition) is 1. The van der Waals surface area contributed by atoms with Gasteiger partial charge in [-0.2, -0.15) is 8.42 Å². The second-order valence-electron chi connectivity index (χ2n) is 6.50. The Balaban J connectivity index is 2.15. The quantitative estimate of drug-likeness (QED) is 0.781. The van der Waals surface area contributed by atoms with Gasteiger partial charge in [-0.05, 0) is 31.0 Å². The minimum absolute atomic E-state index is 0.0820. The first-order chi connectivity index (χ1) is 12.4. The lowest BCUT2D eigenvalue weighted by Gasteiger charge is -2.32. The molecule has 1 saturated heterocycles. The lowest BCUT2D eigenvalue weighted by Crippen LogP contribution is -2.42. The SMILES string of the molecule is CS(=O)(=O)OC(C(c1ccccc1)c1cccc(F)c1F)[C@H]1CCCN1. The van der Waals surface area contributed by atoms with Crippen LogP contribution in [0.15, 0.2) is 48.5 Å². The molecule has 3 rings (SSSR count). The van der Waals surface area contributed by atoms with Crippen molar-refractivity contribution >= 4 is 10.1 Å². The predicted octanol–water partition coefficient (Wildman–Crippen LogP) is 3.19. The highest BCUT2D eigenvalue weighted by atomic mass is 32.2. The lowest BCUT2D eigenvalue weighted by molar-refractivity contribution is 0.151. The third-order valence-electron chi connectivity index (χ3n) is 4.58. The molecule has 2 aromatic rings. The molecule has 0 bridgehead atoms. The molecular formula is C19H21F2NO3S. The van der Waals surface area contributed by atoms with Crippen LogP contribution in [0.25, 0.3) is 0 Å². The molecule has 0 saturated carbocycles. The average molecular weight is 381 g/mol. The zero-order valence-electron chi connectivity index (χ0n) is 14.4. The van der Waals surface area contributed by atoms with Gasteiger partial charge in [0.2, 0.25) is 0 Å². The summed E-state index contributed by atoms with van der Waals surface area (Å²) < 4.78 is 57.7. The number of halogens is 2. The molecule has 2 aromatic carbocycles. The third-order valence-corrected chi connectivity index (χ3v) is 5.16. The van der Waals surface area contributed by atoms with E-state index in [-0.39, 0.29) is 11.6 Å². The summed E-state index contributed by atoms with van der Waals surface area (Å²) in [5, 5.41) is 3.23. The van der Waals surface area contributed by atoms with Crippen LogP contribution in [0, 0.1) is 11.6 Å². The minimum atomic E-state index is -3.80. The van der Waals surface area contributed by atoms with Crippen molar-refractivity contribution in [2.45, 2.75) is 30.9 Å². The van der Waals surface area contributed by atoms with Crippen molar-refractivity contribution in [3.05, 3.63) is 71.3 Å². The van der Waals surface area contributed by atoms with Crippen molar-refractivity contribution in [3.8, 4) is 0 Å². The van der Waals surface area contributed by atoms with Gasteiger partial charge in [0, 0.05) is 17.5 Å². The van der Waals surface area contributed by atoms with Gasteiger partial charge in [0.1, 0.15) is 6.10 Å². The standard InChI is InChI=1S/C19H21F2NO3S/c1-26(23,24)25-19(16-11-6-12-22-16)17(13-7-3-2-4-8-13)14-9-5-10-15(20)18(14)21/h2-5,7-10,16-17,19,22H,6,11-12H2,1H3/t16-,17?,19?/m1/s1. The van der Waals surface area contributed by atoms with Crippen LogP contribution in [0.2, 0.25) is 0 Å². The van der Waals surface area contributed by atoms with Crippen LogP contribution in [-0.4, -0.2) is 33.4 Å². The van der Waals surface area contributed by atoms with Gasteiger partial charge in [0.25, 0.3) is 10.1 Å². The van der Waals surface area contributed by atoms with Gasteiger partial charge < -0.3 is 5.32 Å². The first-order valence-electron chi connectivity index (χ1n) is 8.47. The first-order valence-corrected chi connectivity index (χ1v) is 10.3. The highest BCUT2D eigenvalue weighted by Gasteiger charge is 2.38. The van der Waals surface area contributed by atoms with Gasteiger partial charge in [-0.25, -0.2) is 8.78 Å². The van der Waals surface area contributed by atoms with Crippen molar-refractivity contribution in [1.82, 2.24) is 5.32 Å². The predicted molar refractivity (Wildman–Crippen MR) is 95.4 cm³/mol. The van der Waals surface area contributed by atoms with E-state index >= 15 is 0 Å². The van der Waals surface area contributed by atoms with Gasteiger partial charge in [-0.1, -0.05) is 42.5 Å². The van der Waals surface area contributed by atoms with Crippen LogP contribution < -0.4 is 5.32 Å². The normalized spacial score (nSPS) is 20.0. The van der Waals surface area contributed by atoms with Crippen molar-refractivity contribution in [2.75, 3.05) is 12.8 Å². The Morgan fingerprint density at radius 2 is 1.85 bits per heavy atom. The van der Waals surface area contributed by atoms with E-state index < -0.39 is 33.8 Å². The Hall–Kier alpha value is -1.83. The molecule has 3 atom stereocenters. The Kier molecular flexibility index (Phi) is 5.70. The molecule has 7 heteroatoms. The van der Waals surface area contributed by atoms with Gasteiger partial charge in [0.15, 0.2) is 11.6 Å². The maximum Gasteiger partial charge on any atom is 0.264 e. The van der Waals surface area contributed by atoms with Gasteiger partial charge >= 0.3 is 0 Å². The zero-order valence-corrected chi connectivity index (χ0v) is 15.2. The molecule has 1 N–H and O–H groups in total. The summed E-state index contributed by atoms with van der Waals surface area (Å²) in [5.41, 5.74) is 0.748. The van der Waals surface area contributed by atoms with E-state index in [9.17, 15) is 17.2 Å². The van der Waals surface area contributed by atoms with Crippen molar-refractivity contribution in [3.63, 3.8) is 0 Å². The maximum atomic E-state index is 14.6. The molecule has 1 aliphatic rings. The average Bonchev–Trinajstić information content (AvgIpc) is 3.12. The van der Waals surface area contributed by atoms with Crippen LogP contribution in [0.4, 0.5) is 8.78 Å². The molecular weight excluding hydrogens is 360 g/mol. The number of hydrogen-bond acceptors (Lipinski definition) is 4. The van der Waals surface area contributed by atoms with E-state index in [4.69, 9.17) is 4.18 Å². The molecule has 0 aromatic heterocycles. The van der Waals surface area contributed by atoms with Gasteiger partial charge in [-0.3, -0.25) is 4.18 Å². The van der Waals surface area contributed by atoms with Gasteiger partial charge in [-0.15, -0.1) is 0 Å². The smallest absolute Gasteiger partial charge is 0.264 e. The van der Waals surface area contributed by atoms with E-state index in [1.165, 1.54) is 12.1 Å². The lowest BCUT2D eigenvalue weighted by atomic mass is 9.83. The van der Waals surface area contributed by atoms with Crippen molar-refractivity contribution < 1.29 is 21.4 Å². The summed E-state index contributed by atoms with van der Waals surface area (Å²) in [4.78, 5) is 0. The van der Waals surface area contributed by atoms with Crippen LogP contribution >= 0.6 is 0 Å². The number of nitrogens with one attached hydrogen (secondary N) is 1. The molecule has 26 heavy (non-hydrogen) atoms. The summed E-state index contributed by atoms with van der Waals surface area (Å²) in [6.45, 7) is 0.724. The third kappa shape index (κ3) is 4.28. The fourth-order valence-electron chi connectivity index (χ4n) is 3.52. The molecule has 4 nitrogen and oxygen atoms in total. The topological polar surface area (TPSA) is 55.4 Å². The van der Waals surface area contributed by atoms with Crippen LogP contribution in [-0.2, 0) is 14.3 Å². The minimum Gasteiger partial charge on any atom is -0.311 e. The second-order valence-corrected chi connectivity index (χ2v) is 8.10. The monoisotopic (exact) mass is 381 g/mol. The molecule has 1 heterocycles. The summed E-state index contributed by atoms with van der Waals surface area (Å²) in [6, 6.07) is 12.6. The second kappa shape index (κ2) is 7.82. The van der Waals surface area contributed by atoms with Crippen molar-refractivity contribution in [1.29, 1.82) is 0 Å². The highest BCUT2D eigenvalue weighted by Crippen LogP contribution is 2.36. The molecule has 0 amide bonds. The van der Waals surface area contributed by atoms with E-state index in [1.807, 2.05) is 6.07 Å². The van der Waals surface area contributed by atoms with E-state index in [2.05, 4.69) is 5.32 Å².